The molecule has 0 aliphatic heterocycles. The third kappa shape index (κ3) is 3.10. The number of ether oxygens (including phenoxy) is 1. The number of rotatable bonds is 5. The minimum atomic E-state index is -0.251. The van der Waals surface area contributed by atoms with E-state index in [0.717, 1.165) is 17.0 Å². The summed E-state index contributed by atoms with van der Waals surface area (Å²) in [4.78, 5) is 27.6. The Kier molecular flexibility index (Phi) is 4.44. The summed E-state index contributed by atoms with van der Waals surface area (Å²) in [6, 6.07) is 7.59. The van der Waals surface area contributed by atoms with E-state index in [4.69, 9.17) is 9.15 Å². The number of thioether (sulfide) groups is 1. The number of aromatic amines is 1. The summed E-state index contributed by atoms with van der Waals surface area (Å²) in [6.07, 6.45) is 1.38. The monoisotopic (exact) mass is 383 g/mol. The van der Waals surface area contributed by atoms with E-state index in [9.17, 15) is 4.79 Å². The molecule has 0 fully saturated rings. The van der Waals surface area contributed by atoms with E-state index in [0.29, 0.717) is 33.7 Å². The molecule has 1 aromatic carbocycles. The summed E-state index contributed by atoms with van der Waals surface area (Å²) in [7, 11) is 3.45. The van der Waals surface area contributed by atoms with Crippen LogP contribution in [-0.2, 0) is 12.8 Å². The standard InChI is InChI=1S/C18H17N5O3S/c1-10-12(21-17(26-10)11-6-4-5-7-13(11)25-3)8-27-18-22-14-15(23(18)2)19-9-20-16(14)24/h4-7,9H,8H2,1-3H3,(H,19,20,24). The van der Waals surface area contributed by atoms with E-state index in [1.165, 1.54) is 18.1 Å². The van der Waals surface area contributed by atoms with Crippen LogP contribution in [0.25, 0.3) is 22.6 Å². The number of fused-ring (bicyclic) bond motifs is 1. The van der Waals surface area contributed by atoms with E-state index >= 15 is 0 Å². The normalized spacial score (nSPS) is 11.2. The molecule has 0 saturated carbocycles. The number of hydrogen-bond donors (Lipinski definition) is 1. The lowest BCUT2D eigenvalue weighted by Gasteiger charge is -2.03. The molecule has 3 heterocycles. The SMILES string of the molecule is COc1ccccc1-c1nc(CSc2nc3c(=O)[nH]cnc3n2C)c(C)o1. The van der Waals surface area contributed by atoms with Crippen molar-refractivity contribution >= 4 is 22.9 Å². The molecule has 0 radical (unpaired) electrons. The summed E-state index contributed by atoms with van der Waals surface area (Å²) in [5, 5.41) is 0.690. The van der Waals surface area contributed by atoms with Crippen LogP contribution in [0, 0.1) is 6.92 Å². The molecule has 3 aromatic heterocycles. The Morgan fingerprint density at radius 2 is 2.11 bits per heavy atom. The molecule has 0 saturated heterocycles. The van der Waals surface area contributed by atoms with Gasteiger partial charge in [0, 0.05) is 12.8 Å². The number of hydrogen-bond acceptors (Lipinski definition) is 7. The maximum absolute atomic E-state index is 11.9. The Bertz CT molecular complexity index is 1180. The number of aromatic nitrogens is 5. The number of benzene rings is 1. The summed E-state index contributed by atoms with van der Waals surface area (Å²) in [5.74, 6) is 2.51. The lowest BCUT2D eigenvalue weighted by molar-refractivity contribution is 0.414. The molecule has 0 aliphatic carbocycles. The molecular formula is C18H17N5O3S. The smallest absolute Gasteiger partial charge is 0.278 e. The summed E-state index contributed by atoms with van der Waals surface area (Å²) in [5.41, 5.74) is 2.24. The number of para-hydroxylation sites is 1. The lowest BCUT2D eigenvalue weighted by atomic mass is 10.2. The Morgan fingerprint density at radius 3 is 2.89 bits per heavy atom. The molecule has 9 heteroatoms. The average molecular weight is 383 g/mol. The molecule has 4 aromatic rings. The zero-order valence-corrected chi connectivity index (χ0v) is 15.8. The predicted octanol–water partition coefficient (Wildman–Crippen LogP) is 2.92. The van der Waals surface area contributed by atoms with Gasteiger partial charge >= 0.3 is 0 Å². The van der Waals surface area contributed by atoms with Crippen LogP contribution in [0.3, 0.4) is 0 Å². The molecule has 0 spiro atoms. The second kappa shape index (κ2) is 6.92. The van der Waals surface area contributed by atoms with Gasteiger partial charge < -0.3 is 18.7 Å². The molecule has 0 amide bonds. The van der Waals surface area contributed by atoms with Crippen molar-refractivity contribution in [2.75, 3.05) is 7.11 Å². The molecule has 0 aliphatic rings. The van der Waals surface area contributed by atoms with Crippen molar-refractivity contribution in [2.24, 2.45) is 7.05 Å². The maximum Gasteiger partial charge on any atom is 0.278 e. The first kappa shape index (κ1) is 17.3. The van der Waals surface area contributed by atoms with Crippen molar-refractivity contribution in [3.8, 4) is 17.2 Å². The topological polar surface area (TPSA) is 98.8 Å². The average Bonchev–Trinajstić information content (AvgIpc) is 3.21. The summed E-state index contributed by atoms with van der Waals surface area (Å²) < 4.78 is 13.0. The quantitative estimate of drug-likeness (QED) is 0.529. The first-order chi connectivity index (χ1) is 13.1. The molecule has 0 atom stereocenters. The van der Waals surface area contributed by atoms with Gasteiger partial charge in [0.15, 0.2) is 16.3 Å². The third-order valence-corrected chi connectivity index (χ3v) is 5.23. The lowest BCUT2D eigenvalue weighted by Crippen LogP contribution is -2.06. The van der Waals surface area contributed by atoms with E-state index < -0.39 is 0 Å². The summed E-state index contributed by atoms with van der Waals surface area (Å²) >= 11 is 1.47. The van der Waals surface area contributed by atoms with Crippen LogP contribution < -0.4 is 10.3 Å². The highest BCUT2D eigenvalue weighted by molar-refractivity contribution is 7.98. The van der Waals surface area contributed by atoms with Crippen LogP contribution in [0.1, 0.15) is 11.5 Å². The minimum Gasteiger partial charge on any atom is -0.496 e. The van der Waals surface area contributed by atoms with Gasteiger partial charge in [0.05, 0.1) is 24.7 Å². The minimum absolute atomic E-state index is 0.251. The van der Waals surface area contributed by atoms with E-state index in [-0.39, 0.29) is 5.56 Å². The first-order valence-corrected chi connectivity index (χ1v) is 9.19. The van der Waals surface area contributed by atoms with Crippen LogP contribution >= 0.6 is 11.8 Å². The van der Waals surface area contributed by atoms with Crippen LogP contribution in [0.5, 0.6) is 5.75 Å². The number of nitrogens with zero attached hydrogens (tertiary/aromatic N) is 4. The van der Waals surface area contributed by atoms with Crippen LogP contribution in [0.4, 0.5) is 0 Å². The third-order valence-electron chi connectivity index (χ3n) is 4.19. The molecular weight excluding hydrogens is 366 g/mol. The van der Waals surface area contributed by atoms with Crippen molar-refractivity contribution in [3.63, 3.8) is 0 Å². The van der Waals surface area contributed by atoms with E-state index in [1.807, 2.05) is 38.2 Å². The number of H-pyrrole nitrogens is 1. The zero-order valence-electron chi connectivity index (χ0n) is 15.0. The number of oxazole rings is 1. The van der Waals surface area contributed by atoms with E-state index in [1.54, 1.807) is 11.7 Å². The Hall–Kier alpha value is -3.07. The predicted molar refractivity (Wildman–Crippen MR) is 102 cm³/mol. The van der Waals surface area contributed by atoms with Crippen molar-refractivity contribution in [1.29, 1.82) is 0 Å². The molecule has 1 N–H and O–H groups in total. The molecule has 8 nitrogen and oxygen atoms in total. The van der Waals surface area contributed by atoms with Gasteiger partial charge in [-0.05, 0) is 19.1 Å². The Balaban J connectivity index is 1.61. The van der Waals surface area contributed by atoms with Crippen LogP contribution in [0.2, 0.25) is 0 Å². The van der Waals surface area contributed by atoms with Crippen molar-refractivity contribution < 1.29 is 9.15 Å². The van der Waals surface area contributed by atoms with Gasteiger partial charge in [0.2, 0.25) is 5.89 Å². The van der Waals surface area contributed by atoms with Gasteiger partial charge in [-0.2, -0.15) is 0 Å². The van der Waals surface area contributed by atoms with Gasteiger partial charge in [-0.1, -0.05) is 23.9 Å². The zero-order chi connectivity index (χ0) is 19.0. The summed E-state index contributed by atoms with van der Waals surface area (Å²) in [6.45, 7) is 1.88. The molecule has 27 heavy (non-hydrogen) atoms. The highest BCUT2D eigenvalue weighted by atomic mass is 32.2. The van der Waals surface area contributed by atoms with Gasteiger partial charge in [0.25, 0.3) is 5.56 Å². The molecule has 4 rings (SSSR count). The fourth-order valence-corrected chi connectivity index (χ4v) is 3.72. The van der Waals surface area contributed by atoms with Gasteiger partial charge in [-0.3, -0.25) is 4.79 Å². The van der Waals surface area contributed by atoms with Gasteiger partial charge in [0.1, 0.15) is 11.5 Å². The largest absolute Gasteiger partial charge is 0.496 e. The van der Waals surface area contributed by atoms with Gasteiger partial charge in [-0.15, -0.1) is 0 Å². The first-order valence-electron chi connectivity index (χ1n) is 8.21. The highest BCUT2D eigenvalue weighted by Crippen LogP contribution is 2.32. The fourth-order valence-electron chi connectivity index (χ4n) is 2.75. The fraction of sp³-hybridized carbons (Fsp3) is 0.222. The van der Waals surface area contributed by atoms with Crippen LogP contribution in [-0.4, -0.2) is 31.6 Å². The highest BCUT2D eigenvalue weighted by Gasteiger charge is 2.17. The number of imidazole rings is 1. The number of methoxy groups -OCH3 is 1. The second-order valence-electron chi connectivity index (χ2n) is 5.87. The molecule has 138 valence electrons. The van der Waals surface area contributed by atoms with E-state index in [2.05, 4.69) is 19.9 Å². The van der Waals surface area contributed by atoms with Crippen molar-refractivity contribution in [2.45, 2.75) is 17.8 Å². The number of nitrogens with one attached hydrogen (secondary N) is 1. The number of aryl methyl sites for hydroxylation is 2. The Morgan fingerprint density at radius 1 is 1.30 bits per heavy atom. The maximum atomic E-state index is 11.9. The van der Waals surface area contributed by atoms with Gasteiger partial charge in [-0.25, -0.2) is 15.0 Å². The van der Waals surface area contributed by atoms with Crippen molar-refractivity contribution in [3.05, 3.63) is 52.4 Å². The van der Waals surface area contributed by atoms with Crippen LogP contribution in [0.15, 0.2) is 45.0 Å². The van der Waals surface area contributed by atoms with Crippen molar-refractivity contribution in [1.82, 2.24) is 24.5 Å². The molecule has 0 unspecified atom stereocenters. The molecule has 0 bridgehead atoms. The Labute approximate surface area is 158 Å². The second-order valence-corrected chi connectivity index (χ2v) is 6.81.